The van der Waals surface area contributed by atoms with E-state index in [4.69, 9.17) is 0 Å². The summed E-state index contributed by atoms with van der Waals surface area (Å²) in [6.45, 7) is 0. The summed E-state index contributed by atoms with van der Waals surface area (Å²) < 4.78 is 1.03. The number of amides is 1. The third-order valence-corrected chi connectivity index (χ3v) is 5.66. The van der Waals surface area contributed by atoms with Crippen LogP contribution in [0.1, 0.15) is 0 Å². The third kappa shape index (κ3) is 3.60. The molecule has 0 spiro atoms. The van der Waals surface area contributed by atoms with E-state index >= 15 is 0 Å². The van der Waals surface area contributed by atoms with Crippen molar-refractivity contribution in [1.29, 1.82) is 0 Å². The van der Waals surface area contributed by atoms with Crippen LogP contribution in [0.5, 0.6) is 0 Å². The molecule has 0 radical (unpaired) electrons. The molecule has 0 unspecified atom stereocenters. The van der Waals surface area contributed by atoms with E-state index < -0.39 is 0 Å². The molecule has 2 heterocycles. The molecule has 112 valence electrons. The van der Waals surface area contributed by atoms with Crippen LogP contribution in [0.15, 0.2) is 52.0 Å². The van der Waals surface area contributed by atoms with Gasteiger partial charge in [0, 0.05) is 10.6 Å². The van der Waals surface area contributed by atoms with Crippen molar-refractivity contribution >= 4 is 56.7 Å². The van der Waals surface area contributed by atoms with Crippen LogP contribution in [0, 0.1) is 0 Å². The van der Waals surface area contributed by atoms with Gasteiger partial charge in [-0.25, -0.2) is 9.97 Å². The molecule has 0 aliphatic rings. The molecule has 1 N–H and O–H groups in total. The fraction of sp³-hybridized carbons (Fsp3) is 0.133. The van der Waals surface area contributed by atoms with Gasteiger partial charge in [0.1, 0.15) is 11.4 Å². The topological polar surface area (TPSA) is 54.9 Å². The second-order valence-corrected chi connectivity index (χ2v) is 7.14. The van der Waals surface area contributed by atoms with Gasteiger partial charge in [-0.05, 0) is 35.9 Å². The number of nitrogens with one attached hydrogen (secondary N) is 1. The Bertz CT molecular complexity index is 803. The van der Waals surface area contributed by atoms with Crippen LogP contribution in [-0.4, -0.2) is 27.9 Å². The van der Waals surface area contributed by atoms with E-state index in [1.54, 1.807) is 23.1 Å². The molecule has 7 heteroatoms. The van der Waals surface area contributed by atoms with Gasteiger partial charge in [0.05, 0.1) is 16.0 Å². The van der Waals surface area contributed by atoms with E-state index in [0.29, 0.717) is 5.75 Å². The van der Waals surface area contributed by atoms with Gasteiger partial charge in [-0.2, -0.15) is 0 Å². The number of carbonyl (C=O) groups excluding carboxylic acids is 1. The van der Waals surface area contributed by atoms with E-state index in [1.807, 2.05) is 42.0 Å². The highest BCUT2D eigenvalue weighted by molar-refractivity contribution is 8.00. The number of nitrogens with zero attached hydrogens (tertiary/aromatic N) is 2. The first-order valence-electron chi connectivity index (χ1n) is 6.51. The standard InChI is InChI=1S/C15H13N3OS3/c1-20-11-4-2-3-10(7-11)18-13(19)8-22-15-14-12(5-6-21-14)16-9-17-15/h2-7,9H,8H2,1H3,(H,18,19). The molecule has 1 aromatic carbocycles. The lowest BCUT2D eigenvalue weighted by Crippen LogP contribution is -2.14. The first-order valence-corrected chi connectivity index (χ1v) is 9.60. The Hall–Kier alpha value is -1.57. The Kier molecular flexibility index (Phi) is 4.97. The highest BCUT2D eigenvalue weighted by Gasteiger charge is 2.09. The third-order valence-electron chi connectivity index (χ3n) is 2.90. The number of aromatic nitrogens is 2. The first kappa shape index (κ1) is 15.3. The maximum Gasteiger partial charge on any atom is 0.234 e. The molecule has 3 aromatic rings. The van der Waals surface area contributed by atoms with Crippen molar-refractivity contribution in [2.75, 3.05) is 17.3 Å². The molecule has 0 bridgehead atoms. The van der Waals surface area contributed by atoms with Crippen LogP contribution in [0.3, 0.4) is 0 Å². The van der Waals surface area contributed by atoms with Gasteiger partial charge in [-0.15, -0.1) is 23.1 Å². The molecule has 3 rings (SSSR count). The minimum Gasteiger partial charge on any atom is -0.325 e. The normalized spacial score (nSPS) is 10.8. The van der Waals surface area contributed by atoms with E-state index in [9.17, 15) is 4.79 Å². The zero-order valence-electron chi connectivity index (χ0n) is 11.8. The molecule has 0 aliphatic carbocycles. The molecule has 0 atom stereocenters. The smallest absolute Gasteiger partial charge is 0.234 e. The minimum atomic E-state index is -0.0356. The molecule has 1 amide bonds. The lowest BCUT2D eigenvalue weighted by molar-refractivity contribution is -0.113. The molecular formula is C15H13N3OS3. The van der Waals surface area contributed by atoms with Gasteiger partial charge in [-0.3, -0.25) is 4.79 Å². The summed E-state index contributed by atoms with van der Waals surface area (Å²) in [6, 6.07) is 9.78. The molecule has 4 nitrogen and oxygen atoms in total. The summed E-state index contributed by atoms with van der Waals surface area (Å²) in [4.78, 5) is 21.7. The Morgan fingerprint density at radius 1 is 1.32 bits per heavy atom. The Labute approximate surface area is 140 Å². The van der Waals surface area contributed by atoms with Gasteiger partial charge in [-0.1, -0.05) is 17.8 Å². The summed E-state index contributed by atoms with van der Waals surface area (Å²) in [5, 5.41) is 5.75. The maximum absolute atomic E-state index is 12.1. The molecule has 22 heavy (non-hydrogen) atoms. The van der Waals surface area contributed by atoms with E-state index in [-0.39, 0.29) is 5.91 Å². The van der Waals surface area contributed by atoms with Crippen molar-refractivity contribution in [3.8, 4) is 0 Å². The van der Waals surface area contributed by atoms with Crippen LogP contribution in [0.4, 0.5) is 5.69 Å². The monoisotopic (exact) mass is 347 g/mol. The fourth-order valence-electron chi connectivity index (χ4n) is 1.90. The van der Waals surface area contributed by atoms with Crippen molar-refractivity contribution < 1.29 is 4.79 Å². The summed E-state index contributed by atoms with van der Waals surface area (Å²) in [5.41, 5.74) is 1.75. The second-order valence-electron chi connectivity index (χ2n) is 4.38. The zero-order chi connectivity index (χ0) is 15.4. The van der Waals surface area contributed by atoms with Crippen LogP contribution in [0.2, 0.25) is 0 Å². The SMILES string of the molecule is CSc1cccc(NC(=O)CSc2ncnc3ccsc23)c1. The maximum atomic E-state index is 12.1. The second kappa shape index (κ2) is 7.13. The Morgan fingerprint density at radius 2 is 2.23 bits per heavy atom. The lowest BCUT2D eigenvalue weighted by Gasteiger charge is -2.06. The molecule has 0 saturated carbocycles. The fourth-order valence-corrected chi connectivity index (χ4v) is 4.11. The predicted octanol–water partition coefficient (Wildman–Crippen LogP) is 4.14. The number of thiophene rings is 1. The van der Waals surface area contributed by atoms with Crippen LogP contribution in [0.25, 0.3) is 10.2 Å². The van der Waals surface area contributed by atoms with Gasteiger partial charge in [0.15, 0.2) is 0 Å². The Balaban J connectivity index is 1.63. The summed E-state index contributed by atoms with van der Waals surface area (Å²) >= 11 is 4.68. The molecule has 0 aliphatic heterocycles. The number of carbonyl (C=O) groups is 1. The lowest BCUT2D eigenvalue weighted by atomic mass is 10.3. The number of rotatable bonds is 5. The van der Waals surface area contributed by atoms with Crippen LogP contribution in [-0.2, 0) is 4.79 Å². The van der Waals surface area contributed by atoms with E-state index in [1.165, 1.54) is 18.1 Å². The molecule has 2 aromatic heterocycles. The highest BCUT2D eigenvalue weighted by Crippen LogP contribution is 2.28. The highest BCUT2D eigenvalue weighted by atomic mass is 32.2. The minimum absolute atomic E-state index is 0.0356. The summed E-state index contributed by atoms with van der Waals surface area (Å²) in [7, 11) is 0. The number of hydrogen-bond acceptors (Lipinski definition) is 6. The quantitative estimate of drug-likeness (QED) is 0.555. The van der Waals surface area contributed by atoms with Crippen molar-refractivity contribution in [3.63, 3.8) is 0 Å². The van der Waals surface area contributed by atoms with E-state index in [0.717, 1.165) is 25.8 Å². The van der Waals surface area contributed by atoms with Crippen LogP contribution < -0.4 is 5.32 Å². The van der Waals surface area contributed by atoms with Crippen LogP contribution >= 0.6 is 34.9 Å². The summed E-state index contributed by atoms with van der Waals surface area (Å²) in [6.07, 6.45) is 3.55. The Morgan fingerprint density at radius 3 is 3.09 bits per heavy atom. The zero-order valence-corrected chi connectivity index (χ0v) is 14.2. The number of benzene rings is 1. The number of anilines is 1. The average molecular weight is 347 g/mol. The predicted molar refractivity (Wildman–Crippen MR) is 95.0 cm³/mol. The molecular weight excluding hydrogens is 334 g/mol. The van der Waals surface area contributed by atoms with Gasteiger partial charge < -0.3 is 5.32 Å². The van der Waals surface area contributed by atoms with Gasteiger partial charge >= 0.3 is 0 Å². The largest absolute Gasteiger partial charge is 0.325 e. The number of thioether (sulfide) groups is 2. The molecule has 0 fully saturated rings. The molecule has 0 saturated heterocycles. The van der Waals surface area contributed by atoms with Gasteiger partial charge in [0.25, 0.3) is 0 Å². The summed E-state index contributed by atoms with van der Waals surface area (Å²) in [5.74, 6) is 0.291. The first-order chi connectivity index (χ1) is 10.8. The van der Waals surface area contributed by atoms with Crippen molar-refractivity contribution in [2.24, 2.45) is 0 Å². The van der Waals surface area contributed by atoms with Gasteiger partial charge in [0.2, 0.25) is 5.91 Å². The average Bonchev–Trinajstić information content (AvgIpc) is 3.02. The number of fused-ring (bicyclic) bond motifs is 1. The number of hydrogen-bond donors (Lipinski definition) is 1. The van der Waals surface area contributed by atoms with Crippen molar-refractivity contribution in [1.82, 2.24) is 9.97 Å². The van der Waals surface area contributed by atoms with Crippen molar-refractivity contribution in [3.05, 3.63) is 42.0 Å². The van der Waals surface area contributed by atoms with E-state index in [2.05, 4.69) is 15.3 Å². The van der Waals surface area contributed by atoms with Crippen molar-refractivity contribution in [2.45, 2.75) is 9.92 Å².